The van der Waals surface area contributed by atoms with E-state index in [2.05, 4.69) is 4.98 Å². The average molecular weight is 316 g/mol. The van der Waals surface area contributed by atoms with Crippen molar-refractivity contribution in [1.82, 2.24) is 4.98 Å². The van der Waals surface area contributed by atoms with Crippen LogP contribution in [-0.4, -0.2) is 17.9 Å². The van der Waals surface area contributed by atoms with E-state index in [9.17, 15) is 0 Å². The van der Waals surface area contributed by atoms with Crippen LogP contribution in [0.2, 0.25) is 0 Å². The number of aromatic nitrogens is 1. The standard InChI is InChI=1S/C15H14N3OS2/c1-19-21-9-11(7-13(21)14(16)17)15-18-12(8-20-15)10-5-3-2-4-6-10/h2-9H,1H3,(H3,16,17)/q+1. The lowest BCUT2D eigenvalue weighted by Crippen LogP contribution is -2.10. The van der Waals surface area contributed by atoms with Gasteiger partial charge in [-0.25, -0.2) is 4.98 Å². The van der Waals surface area contributed by atoms with Crippen LogP contribution in [0.5, 0.6) is 0 Å². The van der Waals surface area contributed by atoms with E-state index in [1.54, 1.807) is 18.4 Å². The van der Waals surface area contributed by atoms with Crippen molar-refractivity contribution in [2.24, 2.45) is 5.73 Å². The molecule has 4 nitrogen and oxygen atoms in total. The van der Waals surface area contributed by atoms with Gasteiger partial charge in [0, 0.05) is 17.0 Å². The summed E-state index contributed by atoms with van der Waals surface area (Å²) in [6, 6.07) is 12.0. The normalized spacial score (nSPS) is 11.6. The molecular weight excluding hydrogens is 302 g/mol. The summed E-state index contributed by atoms with van der Waals surface area (Å²) in [6.07, 6.45) is 0. The first-order valence-corrected chi connectivity index (χ1v) is 8.35. The number of nitrogen functional groups attached to an aromatic ring is 1. The van der Waals surface area contributed by atoms with Crippen molar-refractivity contribution >= 4 is 27.9 Å². The molecule has 0 radical (unpaired) electrons. The maximum Gasteiger partial charge on any atom is 0.252 e. The molecule has 21 heavy (non-hydrogen) atoms. The van der Waals surface area contributed by atoms with Crippen molar-refractivity contribution in [3.8, 4) is 21.8 Å². The number of benzene rings is 1. The van der Waals surface area contributed by atoms with Crippen molar-refractivity contribution in [1.29, 1.82) is 5.41 Å². The first-order valence-electron chi connectivity index (χ1n) is 6.26. The van der Waals surface area contributed by atoms with Crippen LogP contribution in [0.4, 0.5) is 0 Å². The number of hydrogen-bond donors (Lipinski definition) is 2. The molecule has 3 N–H and O–H groups in total. The van der Waals surface area contributed by atoms with Gasteiger partial charge in [-0.3, -0.25) is 5.41 Å². The predicted octanol–water partition coefficient (Wildman–Crippen LogP) is 3.57. The zero-order chi connectivity index (χ0) is 14.8. The topological polar surface area (TPSA) is 72.0 Å². The summed E-state index contributed by atoms with van der Waals surface area (Å²) in [5.41, 5.74) is 8.62. The molecule has 2 aromatic heterocycles. The number of hydrogen-bond acceptors (Lipinski definition) is 4. The van der Waals surface area contributed by atoms with Gasteiger partial charge < -0.3 is 5.73 Å². The van der Waals surface area contributed by atoms with Gasteiger partial charge in [0.25, 0.3) is 4.88 Å². The van der Waals surface area contributed by atoms with Gasteiger partial charge in [0.1, 0.15) is 5.01 Å². The molecule has 0 saturated heterocycles. The van der Waals surface area contributed by atoms with Crippen molar-refractivity contribution in [3.63, 3.8) is 0 Å². The zero-order valence-electron chi connectivity index (χ0n) is 11.4. The second-order valence-corrected chi connectivity index (χ2v) is 6.83. The SMILES string of the molecule is CO[s+]1cc(-c2nc(-c3ccccc3)cs2)cc1C(=N)N. The fourth-order valence-corrected chi connectivity index (χ4v) is 4.16. The summed E-state index contributed by atoms with van der Waals surface area (Å²) in [6.45, 7) is 0. The van der Waals surface area contributed by atoms with E-state index in [0.717, 1.165) is 21.8 Å². The Hall–Kier alpha value is -2.02. The van der Waals surface area contributed by atoms with Gasteiger partial charge in [-0.1, -0.05) is 30.3 Å². The number of thiazole rings is 1. The number of thiophene rings is 1. The lowest BCUT2D eigenvalue weighted by Gasteiger charge is -1.93. The highest BCUT2D eigenvalue weighted by Gasteiger charge is 2.23. The molecule has 0 bridgehead atoms. The number of amidine groups is 1. The first kappa shape index (κ1) is 13.9. The van der Waals surface area contributed by atoms with E-state index < -0.39 is 10.8 Å². The highest BCUT2D eigenvalue weighted by molar-refractivity contribution is 7.27. The number of nitrogens with one attached hydrogen (secondary N) is 1. The molecule has 3 aromatic rings. The van der Waals surface area contributed by atoms with Gasteiger partial charge in [-0.05, 0) is 0 Å². The summed E-state index contributed by atoms with van der Waals surface area (Å²) in [7, 11) is 1.07. The first-order chi connectivity index (χ1) is 10.2. The Morgan fingerprint density at radius 3 is 2.67 bits per heavy atom. The smallest absolute Gasteiger partial charge is 0.252 e. The summed E-state index contributed by atoms with van der Waals surface area (Å²) in [4.78, 5) is 5.38. The Kier molecular flexibility index (Phi) is 3.83. The van der Waals surface area contributed by atoms with Gasteiger partial charge in [0.2, 0.25) is 0 Å². The number of rotatable bonds is 4. The third-order valence-corrected chi connectivity index (χ3v) is 5.49. The molecule has 0 aliphatic rings. The minimum absolute atomic E-state index is 0.0475. The van der Waals surface area contributed by atoms with Crippen LogP contribution in [0.3, 0.4) is 0 Å². The summed E-state index contributed by atoms with van der Waals surface area (Å²) < 4.78 is 5.37. The molecule has 0 aliphatic heterocycles. The molecule has 0 saturated carbocycles. The number of nitrogens with zero attached hydrogens (tertiary/aromatic N) is 1. The second kappa shape index (κ2) is 5.77. The maximum absolute atomic E-state index is 7.60. The van der Waals surface area contributed by atoms with Crippen LogP contribution >= 0.6 is 22.1 Å². The Morgan fingerprint density at radius 1 is 1.29 bits per heavy atom. The molecule has 0 aliphatic carbocycles. The predicted molar refractivity (Wildman–Crippen MR) is 89.0 cm³/mol. The van der Waals surface area contributed by atoms with Gasteiger partial charge in [0.15, 0.2) is 22.0 Å². The van der Waals surface area contributed by atoms with E-state index in [4.69, 9.17) is 15.3 Å². The third kappa shape index (κ3) is 2.73. The Balaban J connectivity index is 1.99. The van der Waals surface area contributed by atoms with E-state index >= 15 is 0 Å². The Bertz CT molecular complexity index is 777. The fraction of sp³-hybridized carbons (Fsp3) is 0.0667. The molecule has 0 fully saturated rings. The molecule has 2 heterocycles. The molecule has 0 spiro atoms. The minimum Gasteiger partial charge on any atom is -0.380 e. The minimum atomic E-state index is -0.552. The molecule has 106 valence electrons. The van der Waals surface area contributed by atoms with Crippen LogP contribution in [0.1, 0.15) is 4.88 Å². The van der Waals surface area contributed by atoms with Gasteiger partial charge in [0.05, 0.1) is 18.4 Å². The second-order valence-electron chi connectivity index (χ2n) is 4.36. The van der Waals surface area contributed by atoms with Gasteiger partial charge in [-0.15, -0.1) is 11.3 Å². The van der Waals surface area contributed by atoms with Crippen molar-refractivity contribution < 1.29 is 4.18 Å². The average Bonchev–Trinajstić information content (AvgIpc) is 3.14. The molecule has 0 amide bonds. The summed E-state index contributed by atoms with van der Waals surface area (Å²) in [5.74, 6) is 0.0475. The van der Waals surface area contributed by atoms with E-state index in [1.165, 1.54) is 0 Å². The molecule has 1 unspecified atom stereocenters. The van der Waals surface area contributed by atoms with E-state index in [0.29, 0.717) is 4.88 Å². The zero-order valence-corrected chi connectivity index (χ0v) is 13.0. The maximum atomic E-state index is 7.60. The van der Waals surface area contributed by atoms with Gasteiger partial charge in [-0.2, -0.15) is 4.18 Å². The van der Waals surface area contributed by atoms with E-state index in [-0.39, 0.29) is 5.84 Å². The molecule has 3 rings (SSSR count). The van der Waals surface area contributed by atoms with Crippen LogP contribution in [0.25, 0.3) is 21.8 Å². The molecule has 1 atom stereocenters. The Labute approximate surface area is 129 Å². The Morgan fingerprint density at radius 2 is 2.05 bits per heavy atom. The lowest BCUT2D eigenvalue weighted by molar-refractivity contribution is 0.550. The quantitative estimate of drug-likeness (QED) is 0.439. The lowest BCUT2D eigenvalue weighted by atomic mass is 10.2. The summed E-state index contributed by atoms with van der Waals surface area (Å²) >= 11 is 1.58. The van der Waals surface area contributed by atoms with Crippen LogP contribution in [-0.2, 0) is 0 Å². The largest absolute Gasteiger partial charge is 0.380 e. The van der Waals surface area contributed by atoms with E-state index in [1.807, 2.05) is 47.2 Å². The summed E-state index contributed by atoms with van der Waals surface area (Å²) in [5, 5.41) is 12.5. The third-order valence-electron chi connectivity index (χ3n) is 3.00. The monoisotopic (exact) mass is 316 g/mol. The van der Waals surface area contributed by atoms with Crippen molar-refractivity contribution in [2.45, 2.75) is 0 Å². The van der Waals surface area contributed by atoms with Crippen LogP contribution in [0, 0.1) is 5.41 Å². The van der Waals surface area contributed by atoms with Crippen molar-refractivity contribution in [3.05, 3.63) is 52.0 Å². The fourth-order valence-electron chi connectivity index (χ4n) is 2.00. The van der Waals surface area contributed by atoms with Crippen LogP contribution < -0.4 is 9.92 Å². The van der Waals surface area contributed by atoms with Crippen molar-refractivity contribution in [2.75, 3.05) is 7.11 Å². The molecule has 6 heteroatoms. The van der Waals surface area contributed by atoms with Crippen LogP contribution in [0.15, 0.2) is 47.2 Å². The number of nitrogens with two attached hydrogens (primary N) is 1. The molecular formula is C15H14N3OS2+. The molecule has 1 aromatic carbocycles. The van der Waals surface area contributed by atoms with Gasteiger partial charge >= 0.3 is 0 Å². The highest BCUT2D eigenvalue weighted by atomic mass is 32.2. The highest BCUT2D eigenvalue weighted by Crippen LogP contribution is 2.35.